The standard InChI is InChI=1S/C11H9BrFN3O/c12-6-1-3-9(7(13)5-6)17-10-4-2-8(14)11(15)16-10/h1-5H,14H2,(H2,15,16). The van der Waals surface area contributed by atoms with Crippen LogP contribution >= 0.6 is 15.9 Å². The summed E-state index contributed by atoms with van der Waals surface area (Å²) < 4.78 is 19.4. The van der Waals surface area contributed by atoms with Gasteiger partial charge in [0.2, 0.25) is 5.88 Å². The number of pyridine rings is 1. The summed E-state index contributed by atoms with van der Waals surface area (Å²) in [5.74, 6) is -0.0700. The van der Waals surface area contributed by atoms with Crippen molar-refractivity contribution < 1.29 is 9.13 Å². The molecule has 0 amide bonds. The molecule has 88 valence electrons. The molecule has 1 aromatic carbocycles. The predicted molar refractivity (Wildman–Crippen MR) is 67.2 cm³/mol. The molecule has 0 bridgehead atoms. The van der Waals surface area contributed by atoms with Crippen LogP contribution in [0.2, 0.25) is 0 Å². The average molecular weight is 298 g/mol. The fourth-order valence-electron chi connectivity index (χ4n) is 1.19. The van der Waals surface area contributed by atoms with Crippen molar-refractivity contribution in [1.82, 2.24) is 4.98 Å². The van der Waals surface area contributed by atoms with Crippen LogP contribution in [-0.2, 0) is 0 Å². The Morgan fingerprint density at radius 3 is 2.59 bits per heavy atom. The Hall–Kier alpha value is -1.82. The summed E-state index contributed by atoms with van der Waals surface area (Å²) >= 11 is 3.16. The van der Waals surface area contributed by atoms with Gasteiger partial charge in [0.25, 0.3) is 0 Å². The van der Waals surface area contributed by atoms with Crippen molar-refractivity contribution in [1.29, 1.82) is 0 Å². The van der Waals surface area contributed by atoms with Gasteiger partial charge in [-0.3, -0.25) is 0 Å². The van der Waals surface area contributed by atoms with Gasteiger partial charge in [-0.15, -0.1) is 0 Å². The van der Waals surface area contributed by atoms with Gasteiger partial charge in [-0.1, -0.05) is 15.9 Å². The highest BCUT2D eigenvalue weighted by Gasteiger charge is 2.07. The van der Waals surface area contributed by atoms with Crippen LogP contribution in [0.5, 0.6) is 11.6 Å². The lowest BCUT2D eigenvalue weighted by atomic mass is 10.3. The first-order valence-corrected chi connectivity index (χ1v) is 5.50. The molecule has 0 aliphatic carbocycles. The van der Waals surface area contributed by atoms with Gasteiger partial charge in [-0.25, -0.2) is 4.39 Å². The molecule has 2 rings (SSSR count). The van der Waals surface area contributed by atoms with Gasteiger partial charge in [0.05, 0.1) is 5.69 Å². The summed E-state index contributed by atoms with van der Waals surface area (Å²) in [4.78, 5) is 3.88. The van der Waals surface area contributed by atoms with Gasteiger partial charge < -0.3 is 16.2 Å². The molecular formula is C11H9BrFN3O. The van der Waals surface area contributed by atoms with Crippen LogP contribution in [0, 0.1) is 5.82 Å². The van der Waals surface area contributed by atoms with E-state index in [4.69, 9.17) is 16.2 Å². The number of benzene rings is 1. The lowest BCUT2D eigenvalue weighted by molar-refractivity contribution is 0.428. The predicted octanol–water partition coefficient (Wildman–Crippen LogP) is 2.94. The Kier molecular flexibility index (Phi) is 3.14. The number of rotatable bonds is 2. The average Bonchev–Trinajstić information content (AvgIpc) is 2.27. The molecule has 0 fully saturated rings. The summed E-state index contributed by atoms with van der Waals surface area (Å²) in [6.45, 7) is 0. The van der Waals surface area contributed by atoms with E-state index in [1.165, 1.54) is 18.2 Å². The van der Waals surface area contributed by atoms with Gasteiger partial charge in [0.1, 0.15) is 0 Å². The Morgan fingerprint density at radius 2 is 1.94 bits per heavy atom. The zero-order valence-electron chi connectivity index (χ0n) is 8.65. The molecule has 1 aromatic heterocycles. The molecule has 0 spiro atoms. The van der Waals surface area contributed by atoms with Crippen LogP contribution in [0.1, 0.15) is 0 Å². The number of hydrogen-bond acceptors (Lipinski definition) is 4. The first kappa shape index (κ1) is 11.7. The molecule has 0 atom stereocenters. The van der Waals surface area contributed by atoms with Gasteiger partial charge in [0, 0.05) is 10.5 Å². The fraction of sp³-hybridized carbons (Fsp3) is 0. The molecule has 0 saturated carbocycles. The number of hydrogen-bond donors (Lipinski definition) is 2. The van der Waals surface area contributed by atoms with E-state index in [1.807, 2.05) is 0 Å². The minimum absolute atomic E-state index is 0.0740. The smallest absolute Gasteiger partial charge is 0.221 e. The van der Waals surface area contributed by atoms with Crippen LogP contribution in [0.15, 0.2) is 34.8 Å². The molecule has 2 aromatic rings. The largest absolute Gasteiger partial charge is 0.436 e. The van der Waals surface area contributed by atoms with E-state index in [9.17, 15) is 4.39 Å². The lowest BCUT2D eigenvalue weighted by Gasteiger charge is -2.07. The monoisotopic (exact) mass is 297 g/mol. The third-order valence-corrected chi connectivity index (χ3v) is 2.53. The third kappa shape index (κ3) is 2.65. The van der Waals surface area contributed by atoms with E-state index in [1.54, 1.807) is 12.1 Å². The molecular weight excluding hydrogens is 289 g/mol. The third-order valence-electron chi connectivity index (χ3n) is 2.04. The number of halogens is 2. The number of anilines is 2. The Balaban J connectivity index is 2.28. The Morgan fingerprint density at radius 1 is 1.18 bits per heavy atom. The molecule has 0 aliphatic heterocycles. The van der Waals surface area contributed by atoms with E-state index in [0.29, 0.717) is 10.2 Å². The Labute approximate surface area is 106 Å². The molecule has 1 heterocycles. The quantitative estimate of drug-likeness (QED) is 0.894. The second-order valence-electron chi connectivity index (χ2n) is 3.30. The molecule has 17 heavy (non-hydrogen) atoms. The normalized spacial score (nSPS) is 10.2. The molecule has 0 aliphatic rings. The van der Waals surface area contributed by atoms with Crippen molar-refractivity contribution >= 4 is 27.4 Å². The van der Waals surface area contributed by atoms with Crippen molar-refractivity contribution in [2.75, 3.05) is 11.5 Å². The van der Waals surface area contributed by atoms with Crippen molar-refractivity contribution in [3.05, 3.63) is 40.6 Å². The van der Waals surface area contributed by atoms with Crippen LogP contribution in [0.25, 0.3) is 0 Å². The van der Waals surface area contributed by atoms with Crippen LogP contribution in [-0.4, -0.2) is 4.98 Å². The molecule has 4 nitrogen and oxygen atoms in total. The highest BCUT2D eigenvalue weighted by atomic mass is 79.9. The van der Waals surface area contributed by atoms with E-state index in [0.717, 1.165) is 0 Å². The first-order chi connectivity index (χ1) is 8.06. The zero-order chi connectivity index (χ0) is 12.4. The highest BCUT2D eigenvalue weighted by Crippen LogP contribution is 2.27. The molecule has 0 radical (unpaired) electrons. The van der Waals surface area contributed by atoms with Crippen molar-refractivity contribution in [3.8, 4) is 11.6 Å². The second kappa shape index (κ2) is 4.58. The number of aromatic nitrogens is 1. The number of nitrogen functional groups attached to an aromatic ring is 2. The summed E-state index contributed by atoms with van der Waals surface area (Å²) in [7, 11) is 0. The van der Waals surface area contributed by atoms with Gasteiger partial charge in [-0.2, -0.15) is 4.98 Å². The maximum Gasteiger partial charge on any atom is 0.221 e. The van der Waals surface area contributed by atoms with Crippen molar-refractivity contribution in [3.63, 3.8) is 0 Å². The number of nitrogens with zero attached hydrogens (tertiary/aromatic N) is 1. The van der Waals surface area contributed by atoms with E-state index >= 15 is 0 Å². The molecule has 0 saturated heterocycles. The summed E-state index contributed by atoms with van der Waals surface area (Å²) in [5, 5.41) is 0. The minimum atomic E-state index is -0.489. The fourth-order valence-corrected chi connectivity index (χ4v) is 1.53. The van der Waals surface area contributed by atoms with Gasteiger partial charge in [-0.05, 0) is 24.3 Å². The second-order valence-corrected chi connectivity index (χ2v) is 4.22. The van der Waals surface area contributed by atoms with Crippen LogP contribution in [0.3, 0.4) is 0 Å². The van der Waals surface area contributed by atoms with Crippen molar-refractivity contribution in [2.45, 2.75) is 0 Å². The first-order valence-electron chi connectivity index (χ1n) is 4.71. The van der Waals surface area contributed by atoms with E-state index < -0.39 is 5.82 Å². The van der Waals surface area contributed by atoms with E-state index in [-0.39, 0.29) is 17.4 Å². The van der Waals surface area contributed by atoms with Crippen LogP contribution < -0.4 is 16.2 Å². The minimum Gasteiger partial charge on any atom is -0.436 e. The molecule has 6 heteroatoms. The maximum absolute atomic E-state index is 13.5. The maximum atomic E-state index is 13.5. The van der Waals surface area contributed by atoms with E-state index in [2.05, 4.69) is 20.9 Å². The summed E-state index contributed by atoms with van der Waals surface area (Å²) in [5.41, 5.74) is 11.4. The highest BCUT2D eigenvalue weighted by molar-refractivity contribution is 9.10. The lowest BCUT2D eigenvalue weighted by Crippen LogP contribution is -1.99. The summed E-state index contributed by atoms with van der Waals surface area (Å²) in [6, 6.07) is 7.53. The van der Waals surface area contributed by atoms with Crippen LogP contribution in [0.4, 0.5) is 15.9 Å². The Bertz CT molecular complexity index is 562. The molecule has 4 N–H and O–H groups in total. The summed E-state index contributed by atoms with van der Waals surface area (Å²) in [6.07, 6.45) is 0. The van der Waals surface area contributed by atoms with Gasteiger partial charge in [0.15, 0.2) is 17.4 Å². The SMILES string of the molecule is Nc1ccc(Oc2ccc(Br)cc2F)nc1N. The van der Waals surface area contributed by atoms with Gasteiger partial charge >= 0.3 is 0 Å². The van der Waals surface area contributed by atoms with Crippen molar-refractivity contribution in [2.24, 2.45) is 0 Å². The zero-order valence-corrected chi connectivity index (χ0v) is 10.2. The molecule has 0 unspecified atom stereocenters. The number of ether oxygens (including phenoxy) is 1. The topological polar surface area (TPSA) is 74.2 Å². The number of nitrogens with two attached hydrogens (primary N) is 2.